The van der Waals surface area contributed by atoms with Crippen molar-refractivity contribution in [3.8, 4) is 0 Å². The molecule has 1 aliphatic carbocycles. The van der Waals surface area contributed by atoms with Gasteiger partial charge in [-0.25, -0.2) is 13.1 Å². The molecule has 1 heterocycles. The molecule has 0 amide bonds. The number of fused-ring (bicyclic) bond motifs is 1. The van der Waals surface area contributed by atoms with Crippen molar-refractivity contribution in [3.05, 3.63) is 53.5 Å². The summed E-state index contributed by atoms with van der Waals surface area (Å²) in [6.45, 7) is 1.85. The number of furan rings is 1. The highest BCUT2D eigenvalue weighted by atomic mass is 32.2. The molecule has 0 bridgehead atoms. The van der Waals surface area contributed by atoms with Crippen LogP contribution in [-0.2, 0) is 29.3 Å². The highest BCUT2D eigenvalue weighted by Crippen LogP contribution is 2.24. The Morgan fingerprint density at radius 1 is 1.18 bits per heavy atom. The van der Waals surface area contributed by atoms with Crippen LogP contribution in [-0.4, -0.2) is 14.5 Å². The van der Waals surface area contributed by atoms with Crippen LogP contribution in [0, 0.1) is 0 Å². The molecule has 1 unspecified atom stereocenters. The second kappa shape index (κ2) is 6.26. The fraction of sp³-hybridized carbons (Fsp3) is 0.412. The van der Waals surface area contributed by atoms with Crippen molar-refractivity contribution in [1.29, 1.82) is 0 Å². The lowest BCUT2D eigenvalue weighted by atomic mass is 9.92. The maximum Gasteiger partial charge on any atom is 0.240 e. The Kier molecular flexibility index (Phi) is 4.36. The van der Waals surface area contributed by atoms with Gasteiger partial charge in [0.15, 0.2) is 0 Å². The molecule has 3 rings (SSSR count). The van der Waals surface area contributed by atoms with Crippen molar-refractivity contribution in [2.75, 3.05) is 0 Å². The molecule has 118 valence electrons. The van der Waals surface area contributed by atoms with E-state index >= 15 is 0 Å². The average Bonchev–Trinajstić information content (AvgIpc) is 2.99. The van der Waals surface area contributed by atoms with Crippen molar-refractivity contribution in [2.24, 2.45) is 0 Å². The Balaban J connectivity index is 1.74. The van der Waals surface area contributed by atoms with Gasteiger partial charge in [0, 0.05) is 12.5 Å². The zero-order valence-electron chi connectivity index (χ0n) is 12.7. The van der Waals surface area contributed by atoms with E-state index < -0.39 is 10.0 Å². The summed E-state index contributed by atoms with van der Waals surface area (Å²) in [5, 5.41) is 0. The van der Waals surface area contributed by atoms with Crippen LogP contribution in [0.3, 0.4) is 0 Å². The van der Waals surface area contributed by atoms with E-state index in [1.54, 1.807) is 18.4 Å². The third-order valence-corrected chi connectivity index (χ3v) is 5.66. The third-order valence-electron chi connectivity index (χ3n) is 4.07. The molecule has 1 atom stereocenters. The molecule has 2 aromatic rings. The van der Waals surface area contributed by atoms with E-state index in [1.807, 2.05) is 25.1 Å². The van der Waals surface area contributed by atoms with Gasteiger partial charge in [0.05, 0.1) is 11.2 Å². The number of aryl methyl sites for hydroxylation is 2. The van der Waals surface area contributed by atoms with Gasteiger partial charge >= 0.3 is 0 Å². The maximum absolute atomic E-state index is 12.5. The van der Waals surface area contributed by atoms with Crippen molar-refractivity contribution in [3.63, 3.8) is 0 Å². The van der Waals surface area contributed by atoms with Gasteiger partial charge in [0.2, 0.25) is 10.0 Å². The molecule has 5 heteroatoms. The van der Waals surface area contributed by atoms with Gasteiger partial charge < -0.3 is 4.42 Å². The lowest BCUT2D eigenvalue weighted by Gasteiger charge is -2.18. The van der Waals surface area contributed by atoms with Gasteiger partial charge in [-0.1, -0.05) is 6.07 Å². The van der Waals surface area contributed by atoms with Gasteiger partial charge in [-0.2, -0.15) is 0 Å². The molecular formula is C17H21NO3S. The molecule has 0 saturated carbocycles. The van der Waals surface area contributed by atoms with E-state index in [0.29, 0.717) is 11.3 Å². The van der Waals surface area contributed by atoms with E-state index in [2.05, 4.69) is 4.72 Å². The van der Waals surface area contributed by atoms with Crippen LogP contribution in [0.4, 0.5) is 0 Å². The van der Waals surface area contributed by atoms with Crippen LogP contribution >= 0.6 is 0 Å². The zero-order valence-corrected chi connectivity index (χ0v) is 13.5. The van der Waals surface area contributed by atoms with Crippen molar-refractivity contribution < 1.29 is 12.8 Å². The molecule has 1 N–H and O–H groups in total. The van der Waals surface area contributed by atoms with Crippen molar-refractivity contribution >= 4 is 10.0 Å². The van der Waals surface area contributed by atoms with Crippen LogP contribution < -0.4 is 4.72 Å². The molecule has 0 spiro atoms. The molecule has 0 saturated heterocycles. The van der Waals surface area contributed by atoms with Gasteiger partial charge in [0.1, 0.15) is 5.76 Å². The fourth-order valence-electron chi connectivity index (χ4n) is 2.98. The largest absolute Gasteiger partial charge is 0.469 e. The molecule has 1 aliphatic rings. The SMILES string of the molecule is CC(Cc1ccco1)NS(=O)(=O)c1ccc2c(c1)CCCC2. The first-order chi connectivity index (χ1) is 10.5. The topological polar surface area (TPSA) is 59.3 Å². The summed E-state index contributed by atoms with van der Waals surface area (Å²) in [6, 6.07) is 8.94. The van der Waals surface area contributed by atoms with Gasteiger partial charge in [-0.15, -0.1) is 0 Å². The minimum absolute atomic E-state index is 0.216. The molecule has 0 aliphatic heterocycles. The average molecular weight is 319 g/mol. The van der Waals surface area contributed by atoms with Crippen LogP contribution in [0.1, 0.15) is 36.7 Å². The van der Waals surface area contributed by atoms with E-state index in [4.69, 9.17) is 4.42 Å². The minimum Gasteiger partial charge on any atom is -0.469 e. The summed E-state index contributed by atoms with van der Waals surface area (Å²) < 4.78 is 33.0. The normalized spacial score (nSPS) is 16.2. The van der Waals surface area contributed by atoms with Crippen LogP contribution in [0.15, 0.2) is 45.9 Å². The highest BCUT2D eigenvalue weighted by molar-refractivity contribution is 7.89. The van der Waals surface area contributed by atoms with Gasteiger partial charge in [0.25, 0.3) is 0 Å². The first kappa shape index (κ1) is 15.3. The number of hydrogen-bond donors (Lipinski definition) is 1. The highest BCUT2D eigenvalue weighted by Gasteiger charge is 2.20. The van der Waals surface area contributed by atoms with E-state index in [0.717, 1.165) is 25.0 Å². The first-order valence-electron chi connectivity index (χ1n) is 7.71. The molecule has 0 fully saturated rings. The second-order valence-electron chi connectivity index (χ2n) is 5.94. The minimum atomic E-state index is -3.49. The lowest BCUT2D eigenvalue weighted by molar-refractivity contribution is 0.479. The van der Waals surface area contributed by atoms with Gasteiger partial charge in [-0.05, 0) is 68.0 Å². The van der Waals surface area contributed by atoms with Crippen LogP contribution in [0.2, 0.25) is 0 Å². The molecule has 1 aromatic carbocycles. The molecule has 22 heavy (non-hydrogen) atoms. The summed E-state index contributed by atoms with van der Waals surface area (Å²) in [5.74, 6) is 0.778. The number of nitrogens with one attached hydrogen (secondary N) is 1. The monoisotopic (exact) mass is 319 g/mol. The smallest absolute Gasteiger partial charge is 0.240 e. The summed E-state index contributed by atoms with van der Waals surface area (Å²) in [6.07, 6.45) is 6.49. The molecule has 4 nitrogen and oxygen atoms in total. The van der Waals surface area contributed by atoms with E-state index in [-0.39, 0.29) is 6.04 Å². The van der Waals surface area contributed by atoms with Crippen molar-refractivity contribution in [1.82, 2.24) is 4.72 Å². The van der Waals surface area contributed by atoms with E-state index in [1.165, 1.54) is 17.5 Å². The Bertz CT molecular complexity index is 735. The summed E-state index contributed by atoms with van der Waals surface area (Å²) >= 11 is 0. The Labute approximate surface area is 131 Å². The standard InChI is InChI=1S/C17H21NO3S/c1-13(11-16-7-4-10-21-16)18-22(19,20)17-9-8-14-5-2-3-6-15(14)12-17/h4,7-10,12-13,18H,2-3,5-6,11H2,1H3. The Morgan fingerprint density at radius 2 is 1.95 bits per heavy atom. The third kappa shape index (κ3) is 3.42. The van der Waals surface area contributed by atoms with E-state index in [9.17, 15) is 8.42 Å². The number of hydrogen-bond acceptors (Lipinski definition) is 3. The Hall–Kier alpha value is -1.59. The molecule has 0 radical (unpaired) electrons. The van der Waals surface area contributed by atoms with Crippen molar-refractivity contribution in [2.45, 2.75) is 50.0 Å². The zero-order chi connectivity index (χ0) is 15.6. The number of sulfonamides is 1. The summed E-state index contributed by atoms with van der Waals surface area (Å²) in [7, 11) is -3.49. The summed E-state index contributed by atoms with van der Waals surface area (Å²) in [4.78, 5) is 0.361. The lowest BCUT2D eigenvalue weighted by Crippen LogP contribution is -2.34. The predicted octanol–water partition coefficient (Wildman–Crippen LogP) is 3.07. The first-order valence-corrected chi connectivity index (χ1v) is 9.19. The predicted molar refractivity (Wildman–Crippen MR) is 85.3 cm³/mol. The molecule has 1 aromatic heterocycles. The summed E-state index contributed by atoms with van der Waals surface area (Å²) in [5.41, 5.74) is 2.46. The van der Waals surface area contributed by atoms with Gasteiger partial charge in [-0.3, -0.25) is 0 Å². The fourth-order valence-corrected chi connectivity index (χ4v) is 4.28. The Morgan fingerprint density at radius 3 is 2.68 bits per heavy atom. The number of benzene rings is 1. The number of rotatable bonds is 5. The second-order valence-corrected chi connectivity index (χ2v) is 7.66. The van der Waals surface area contributed by atoms with Crippen LogP contribution in [0.25, 0.3) is 0 Å². The maximum atomic E-state index is 12.5. The quantitative estimate of drug-likeness (QED) is 0.921. The molecular weight excluding hydrogens is 298 g/mol. The van der Waals surface area contributed by atoms with Crippen LogP contribution in [0.5, 0.6) is 0 Å².